The third-order valence-electron chi connectivity index (χ3n) is 4.52. The van der Waals surface area contributed by atoms with Crippen LogP contribution < -0.4 is 15.1 Å². The van der Waals surface area contributed by atoms with E-state index in [1.165, 1.54) is 6.92 Å². The molecule has 1 saturated heterocycles. The molecule has 7 nitrogen and oxygen atoms in total. The first-order valence-electron chi connectivity index (χ1n) is 8.09. The third kappa shape index (κ3) is 2.93. The van der Waals surface area contributed by atoms with Crippen molar-refractivity contribution in [2.24, 2.45) is 0 Å². The summed E-state index contributed by atoms with van der Waals surface area (Å²) in [4.78, 5) is 38.1. The van der Waals surface area contributed by atoms with Crippen LogP contribution in [0.5, 0.6) is 0 Å². The average molecular weight is 331 g/mol. The number of aryl methyl sites for hydroxylation is 1. The lowest BCUT2D eigenvalue weighted by atomic mass is 9.96. The highest BCUT2D eigenvalue weighted by atomic mass is 16.6. The van der Waals surface area contributed by atoms with Gasteiger partial charge in [0.1, 0.15) is 6.10 Å². The van der Waals surface area contributed by atoms with Gasteiger partial charge >= 0.3 is 6.09 Å². The number of cyclic esters (lactones) is 1. The van der Waals surface area contributed by atoms with Crippen molar-refractivity contribution in [1.29, 1.82) is 0 Å². The summed E-state index contributed by atoms with van der Waals surface area (Å²) in [6.45, 7) is 4.04. The molecule has 0 aromatic heterocycles. The standard InChI is InChI=1S/C17H21N3O4/c1-11-6-7-13-4-3-5-15(16(13)20(11)10-21)19-9-14(24-17(19)23)8-18-12(2)22/h3-5,10-11,14H,6-9H2,1-2H3,(H,18,22)/t11-,14+/m1/s1. The van der Waals surface area contributed by atoms with E-state index in [1.807, 2.05) is 25.1 Å². The van der Waals surface area contributed by atoms with Gasteiger partial charge in [0.15, 0.2) is 0 Å². The summed E-state index contributed by atoms with van der Waals surface area (Å²) >= 11 is 0. The van der Waals surface area contributed by atoms with Gasteiger partial charge in [-0.1, -0.05) is 12.1 Å². The predicted molar refractivity (Wildman–Crippen MR) is 89.1 cm³/mol. The second-order valence-corrected chi connectivity index (χ2v) is 6.24. The number of carbonyl (C=O) groups excluding carboxylic acids is 3. The van der Waals surface area contributed by atoms with Crippen LogP contribution in [0, 0.1) is 0 Å². The van der Waals surface area contributed by atoms with E-state index in [2.05, 4.69) is 5.32 Å². The maximum Gasteiger partial charge on any atom is 0.414 e. The Balaban J connectivity index is 1.89. The van der Waals surface area contributed by atoms with Crippen molar-refractivity contribution in [2.75, 3.05) is 22.9 Å². The van der Waals surface area contributed by atoms with Crippen molar-refractivity contribution in [3.8, 4) is 0 Å². The Kier molecular flexibility index (Phi) is 4.42. The fourth-order valence-corrected chi connectivity index (χ4v) is 3.26. The molecule has 0 spiro atoms. The topological polar surface area (TPSA) is 79.0 Å². The van der Waals surface area contributed by atoms with Gasteiger partial charge in [-0.3, -0.25) is 14.5 Å². The van der Waals surface area contributed by atoms with Gasteiger partial charge in [0.25, 0.3) is 0 Å². The number of benzene rings is 1. The minimum absolute atomic E-state index is 0.0879. The number of carbonyl (C=O) groups is 3. The highest BCUT2D eigenvalue weighted by Gasteiger charge is 2.36. The molecule has 24 heavy (non-hydrogen) atoms. The first kappa shape index (κ1) is 16.3. The number of fused-ring (bicyclic) bond motifs is 1. The minimum atomic E-state index is -0.456. The Morgan fingerprint density at radius 2 is 2.25 bits per heavy atom. The molecule has 1 aromatic rings. The Labute approximate surface area is 140 Å². The Morgan fingerprint density at radius 3 is 2.96 bits per heavy atom. The number of nitrogens with one attached hydrogen (secondary N) is 1. The van der Waals surface area contributed by atoms with E-state index in [4.69, 9.17) is 4.74 Å². The molecule has 1 fully saturated rings. The van der Waals surface area contributed by atoms with E-state index in [1.54, 1.807) is 9.80 Å². The second-order valence-electron chi connectivity index (χ2n) is 6.24. The van der Waals surface area contributed by atoms with E-state index in [9.17, 15) is 14.4 Å². The second kappa shape index (κ2) is 6.51. The summed E-state index contributed by atoms with van der Waals surface area (Å²) in [5, 5.41) is 2.66. The lowest BCUT2D eigenvalue weighted by Gasteiger charge is -2.35. The number of rotatable bonds is 4. The van der Waals surface area contributed by atoms with Crippen molar-refractivity contribution in [3.05, 3.63) is 23.8 Å². The van der Waals surface area contributed by atoms with Gasteiger partial charge in [-0.15, -0.1) is 0 Å². The first-order chi connectivity index (χ1) is 11.5. The van der Waals surface area contributed by atoms with Gasteiger partial charge in [-0.05, 0) is 31.4 Å². The molecule has 7 heteroatoms. The number of anilines is 2. The largest absolute Gasteiger partial charge is 0.442 e. The average Bonchev–Trinajstić information content (AvgIpc) is 2.93. The number of ether oxygens (including phenoxy) is 1. The molecule has 2 atom stereocenters. The van der Waals surface area contributed by atoms with Gasteiger partial charge in [0, 0.05) is 13.0 Å². The highest BCUT2D eigenvalue weighted by molar-refractivity contribution is 5.98. The quantitative estimate of drug-likeness (QED) is 0.847. The van der Waals surface area contributed by atoms with E-state index in [-0.39, 0.29) is 18.5 Å². The maximum absolute atomic E-state index is 12.3. The van der Waals surface area contributed by atoms with E-state index >= 15 is 0 Å². The van der Waals surface area contributed by atoms with E-state index < -0.39 is 12.2 Å². The minimum Gasteiger partial charge on any atom is -0.442 e. The van der Waals surface area contributed by atoms with Gasteiger partial charge < -0.3 is 15.0 Å². The van der Waals surface area contributed by atoms with E-state index in [0.717, 1.165) is 30.5 Å². The smallest absolute Gasteiger partial charge is 0.414 e. The molecule has 3 rings (SSSR count). The molecule has 0 unspecified atom stereocenters. The molecule has 2 heterocycles. The van der Waals surface area contributed by atoms with Gasteiger partial charge in [0.05, 0.1) is 24.5 Å². The zero-order chi connectivity index (χ0) is 17.3. The van der Waals surface area contributed by atoms with Crippen LogP contribution in [0.1, 0.15) is 25.8 Å². The summed E-state index contributed by atoms with van der Waals surface area (Å²) in [6.07, 6.45) is 1.73. The normalized spacial score (nSPS) is 22.8. The van der Waals surface area contributed by atoms with Crippen LogP contribution in [0.25, 0.3) is 0 Å². The van der Waals surface area contributed by atoms with Crippen molar-refractivity contribution in [3.63, 3.8) is 0 Å². The lowest BCUT2D eigenvalue weighted by molar-refractivity contribution is -0.119. The molecule has 3 amide bonds. The Bertz CT molecular complexity index is 676. The molecular formula is C17H21N3O4. The number of hydrogen-bond donors (Lipinski definition) is 1. The summed E-state index contributed by atoms with van der Waals surface area (Å²) in [7, 11) is 0. The lowest BCUT2D eigenvalue weighted by Crippen LogP contribution is -2.38. The predicted octanol–water partition coefficient (Wildman–Crippen LogP) is 1.45. The number of amides is 3. The molecule has 0 saturated carbocycles. The van der Waals surface area contributed by atoms with Crippen molar-refractivity contribution < 1.29 is 19.1 Å². The SMILES string of the molecule is CC(=O)NC[C@H]1CN(c2cccc3c2N(C=O)[C@H](C)CC3)C(=O)O1. The summed E-state index contributed by atoms with van der Waals surface area (Å²) in [5.41, 5.74) is 2.51. The monoisotopic (exact) mass is 331 g/mol. The van der Waals surface area contributed by atoms with Crippen LogP contribution in [-0.2, 0) is 20.7 Å². The fraction of sp³-hybridized carbons (Fsp3) is 0.471. The Morgan fingerprint density at radius 1 is 1.46 bits per heavy atom. The summed E-state index contributed by atoms with van der Waals surface area (Å²) in [5.74, 6) is -0.164. The van der Waals surface area contributed by atoms with Crippen molar-refractivity contribution >= 4 is 29.8 Å². The zero-order valence-electron chi connectivity index (χ0n) is 13.8. The van der Waals surface area contributed by atoms with Gasteiger partial charge in [-0.2, -0.15) is 0 Å². The van der Waals surface area contributed by atoms with Crippen LogP contribution in [0.4, 0.5) is 16.2 Å². The van der Waals surface area contributed by atoms with Crippen LogP contribution in [0.2, 0.25) is 0 Å². The van der Waals surface area contributed by atoms with Gasteiger partial charge in [-0.25, -0.2) is 4.79 Å². The number of para-hydroxylation sites is 1. The highest BCUT2D eigenvalue weighted by Crippen LogP contribution is 2.39. The van der Waals surface area contributed by atoms with Crippen molar-refractivity contribution in [2.45, 2.75) is 38.8 Å². The number of hydrogen-bond acceptors (Lipinski definition) is 4. The molecule has 0 radical (unpaired) electrons. The maximum atomic E-state index is 12.3. The molecule has 1 N–H and O–H groups in total. The van der Waals surface area contributed by atoms with Crippen LogP contribution in [-0.4, -0.2) is 43.6 Å². The number of nitrogens with zero attached hydrogens (tertiary/aromatic N) is 2. The molecule has 128 valence electrons. The van der Waals surface area contributed by atoms with Gasteiger partial charge in [0.2, 0.25) is 12.3 Å². The fourth-order valence-electron chi connectivity index (χ4n) is 3.26. The van der Waals surface area contributed by atoms with Crippen LogP contribution in [0.15, 0.2) is 18.2 Å². The van der Waals surface area contributed by atoms with Crippen LogP contribution >= 0.6 is 0 Å². The molecule has 0 bridgehead atoms. The van der Waals surface area contributed by atoms with E-state index in [0.29, 0.717) is 12.2 Å². The first-order valence-corrected chi connectivity index (χ1v) is 8.09. The zero-order valence-corrected chi connectivity index (χ0v) is 13.8. The molecule has 2 aliphatic heterocycles. The molecule has 2 aliphatic rings. The van der Waals surface area contributed by atoms with Crippen LogP contribution in [0.3, 0.4) is 0 Å². The molecule has 1 aromatic carbocycles. The Hall–Kier alpha value is -2.57. The third-order valence-corrected chi connectivity index (χ3v) is 4.52. The summed E-state index contributed by atoms with van der Waals surface area (Å²) < 4.78 is 5.33. The molecule has 0 aliphatic carbocycles. The molecular weight excluding hydrogens is 310 g/mol. The summed E-state index contributed by atoms with van der Waals surface area (Å²) in [6, 6.07) is 5.79. The van der Waals surface area contributed by atoms with Crippen molar-refractivity contribution in [1.82, 2.24) is 5.32 Å².